The summed E-state index contributed by atoms with van der Waals surface area (Å²) < 4.78 is 0. The Labute approximate surface area is 57.6 Å². The third-order valence-corrected chi connectivity index (χ3v) is 4.17. The van der Waals surface area contributed by atoms with Crippen LogP contribution >= 0.6 is 0 Å². The van der Waals surface area contributed by atoms with Gasteiger partial charge in [0.2, 0.25) is 0 Å². The zero-order valence-electron chi connectivity index (χ0n) is 6.70. The zero-order valence-corrected chi connectivity index (χ0v) is 6.70. The fourth-order valence-corrected chi connectivity index (χ4v) is 3.12. The van der Waals surface area contributed by atoms with Gasteiger partial charge in [0.15, 0.2) is 0 Å². The molecular formula is C9H16. The van der Waals surface area contributed by atoms with E-state index in [1.54, 1.807) is 0 Å². The van der Waals surface area contributed by atoms with Crippen LogP contribution in [0.3, 0.4) is 0 Å². The summed E-state index contributed by atoms with van der Waals surface area (Å²) >= 11 is 0. The van der Waals surface area contributed by atoms with E-state index in [1.807, 2.05) is 0 Å². The molecule has 0 nitrogen and oxygen atoms in total. The van der Waals surface area contributed by atoms with Crippen molar-refractivity contribution in [1.29, 1.82) is 0 Å². The average Bonchev–Trinajstić information content (AvgIpc) is 2.19. The van der Waals surface area contributed by atoms with Gasteiger partial charge in [0.25, 0.3) is 0 Å². The van der Waals surface area contributed by atoms with Crippen molar-refractivity contribution in [3.05, 3.63) is 0 Å². The molecular weight excluding hydrogens is 108 g/mol. The van der Waals surface area contributed by atoms with Gasteiger partial charge in [-0.05, 0) is 36.0 Å². The average molecular weight is 124 g/mol. The van der Waals surface area contributed by atoms with Gasteiger partial charge in [-0.15, -0.1) is 0 Å². The first-order chi connectivity index (χ1) is 4.07. The molecule has 3 rings (SSSR count). The third-order valence-electron chi connectivity index (χ3n) is 4.17. The van der Waals surface area contributed by atoms with Crippen molar-refractivity contribution in [3.8, 4) is 0 Å². The minimum atomic E-state index is 0.759. The monoisotopic (exact) mass is 124 g/mol. The Morgan fingerprint density at radius 1 is 1.11 bits per heavy atom. The molecule has 0 spiro atoms. The smallest absolute Gasteiger partial charge is 0.0289 e. The van der Waals surface area contributed by atoms with Crippen molar-refractivity contribution < 1.29 is 0 Å². The van der Waals surface area contributed by atoms with Crippen LogP contribution in [0.2, 0.25) is 0 Å². The van der Waals surface area contributed by atoms with E-state index in [1.165, 1.54) is 19.3 Å². The second-order valence-electron chi connectivity index (χ2n) is 4.71. The fourth-order valence-electron chi connectivity index (χ4n) is 3.12. The summed E-state index contributed by atoms with van der Waals surface area (Å²) in [5.41, 5.74) is 1.52. The number of fused-ring (bicyclic) bond motifs is 1. The predicted octanol–water partition coefficient (Wildman–Crippen LogP) is 2.83. The Hall–Kier alpha value is 0. The van der Waals surface area contributed by atoms with Crippen molar-refractivity contribution >= 4 is 0 Å². The summed E-state index contributed by atoms with van der Waals surface area (Å²) in [6, 6.07) is 0. The molecule has 2 unspecified atom stereocenters. The lowest BCUT2D eigenvalue weighted by Crippen LogP contribution is -2.43. The summed E-state index contributed by atoms with van der Waals surface area (Å²) in [5.74, 6) is 1.00. The van der Waals surface area contributed by atoms with E-state index in [0.717, 1.165) is 16.7 Å². The molecule has 0 heterocycles. The molecule has 3 saturated carbocycles. The highest BCUT2D eigenvalue weighted by Gasteiger charge is 2.60. The van der Waals surface area contributed by atoms with E-state index >= 15 is 0 Å². The molecule has 0 heteroatoms. The molecule has 3 aliphatic carbocycles. The van der Waals surface area contributed by atoms with Gasteiger partial charge in [0, 0.05) is 0 Å². The number of hydrogen-bond donors (Lipinski definition) is 0. The number of hydrogen-bond acceptors (Lipinski definition) is 0. The molecule has 0 amide bonds. The van der Waals surface area contributed by atoms with Crippen molar-refractivity contribution in [3.63, 3.8) is 0 Å². The third kappa shape index (κ3) is 0.461. The highest BCUT2D eigenvalue weighted by molar-refractivity contribution is 5.10. The van der Waals surface area contributed by atoms with Crippen molar-refractivity contribution in [1.82, 2.24) is 0 Å². The van der Waals surface area contributed by atoms with Crippen LogP contribution in [0, 0.1) is 16.7 Å². The second-order valence-corrected chi connectivity index (χ2v) is 4.71. The Morgan fingerprint density at radius 2 is 1.56 bits per heavy atom. The normalized spacial score (nSPS) is 63.7. The van der Waals surface area contributed by atoms with Gasteiger partial charge in [-0.2, -0.15) is 0 Å². The quantitative estimate of drug-likeness (QED) is 0.466. The lowest BCUT2D eigenvalue weighted by Gasteiger charge is -2.51. The van der Waals surface area contributed by atoms with Crippen LogP contribution in [-0.2, 0) is 0 Å². The maximum atomic E-state index is 2.45. The lowest BCUT2D eigenvalue weighted by atomic mass is 9.54. The molecule has 0 saturated heterocycles. The predicted molar refractivity (Wildman–Crippen MR) is 39.2 cm³/mol. The van der Waals surface area contributed by atoms with Crippen LogP contribution in [0.15, 0.2) is 0 Å². The molecule has 9 heavy (non-hydrogen) atoms. The number of rotatable bonds is 0. The second kappa shape index (κ2) is 1.21. The molecule has 0 aliphatic heterocycles. The van der Waals surface area contributed by atoms with Gasteiger partial charge in [-0.1, -0.05) is 20.8 Å². The minimum absolute atomic E-state index is 0.759. The molecule has 3 aliphatic rings. The van der Waals surface area contributed by atoms with Crippen LogP contribution in [-0.4, -0.2) is 0 Å². The molecule has 0 aromatic rings. The standard InChI is InChI=1S/C9H16/c1-7-8(2)4-5-9(7,3)6-8/h7H,4-6H2,1-3H3. The van der Waals surface area contributed by atoms with Crippen LogP contribution in [0.25, 0.3) is 0 Å². The summed E-state index contributed by atoms with van der Waals surface area (Å²) in [7, 11) is 0. The summed E-state index contributed by atoms with van der Waals surface area (Å²) in [6.07, 6.45) is 4.48. The van der Waals surface area contributed by atoms with Gasteiger partial charge in [0.1, 0.15) is 0 Å². The maximum absolute atomic E-state index is 2.45. The van der Waals surface area contributed by atoms with E-state index < -0.39 is 0 Å². The molecule has 52 valence electrons. The molecule has 2 atom stereocenters. The maximum Gasteiger partial charge on any atom is -0.0289 e. The van der Waals surface area contributed by atoms with Gasteiger partial charge >= 0.3 is 0 Å². The van der Waals surface area contributed by atoms with Crippen LogP contribution in [0.4, 0.5) is 0 Å². The fraction of sp³-hybridized carbons (Fsp3) is 1.00. The Bertz CT molecular complexity index is 134. The van der Waals surface area contributed by atoms with Crippen LogP contribution < -0.4 is 0 Å². The van der Waals surface area contributed by atoms with E-state index in [9.17, 15) is 0 Å². The first kappa shape index (κ1) is 5.76. The molecule has 2 bridgehead atoms. The largest absolute Gasteiger partial charge is 0.0615 e. The minimum Gasteiger partial charge on any atom is -0.0615 e. The van der Waals surface area contributed by atoms with Gasteiger partial charge in [-0.3, -0.25) is 0 Å². The molecule has 0 N–H and O–H groups in total. The first-order valence-corrected chi connectivity index (χ1v) is 4.07. The van der Waals surface area contributed by atoms with Crippen molar-refractivity contribution in [2.75, 3.05) is 0 Å². The highest BCUT2D eigenvalue weighted by atomic mass is 14.7. The molecule has 0 radical (unpaired) electrons. The molecule has 3 fully saturated rings. The van der Waals surface area contributed by atoms with E-state index in [-0.39, 0.29) is 0 Å². The zero-order chi connectivity index (χ0) is 6.70. The van der Waals surface area contributed by atoms with E-state index in [4.69, 9.17) is 0 Å². The van der Waals surface area contributed by atoms with E-state index in [2.05, 4.69) is 20.8 Å². The van der Waals surface area contributed by atoms with Crippen LogP contribution in [0.5, 0.6) is 0 Å². The Kier molecular flexibility index (Phi) is 0.774. The summed E-state index contributed by atoms with van der Waals surface area (Å²) in [6.45, 7) is 7.33. The Balaban J connectivity index is 2.28. The highest BCUT2D eigenvalue weighted by Crippen LogP contribution is 2.70. The van der Waals surface area contributed by atoms with Crippen molar-refractivity contribution in [2.45, 2.75) is 40.0 Å². The van der Waals surface area contributed by atoms with Gasteiger partial charge in [0.05, 0.1) is 0 Å². The molecule has 0 aromatic carbocycles. The summed E-state index contributed by atoms with van der Waals surface area (Å²) in [4.78, 5) is 0. The molecule has 0 aromatic heterocycles. The van der Waals surface area contributed by atoms with E-state index in [0.29, 0.717) is 0 Å². The Morgan fingerprint density at radius 3 is 1.67 bits per heavy atom. The van der Waals surface area contributed by atoms with Gasteiger partial charge in [-0.25, -0.2) is 0 Å². The van der Waals surface area contributed by atoms with Crippen molar-refractivity contribution in [2.24, 2.45) is 16.7 Å². The first-order valence-electron chi connectivity index (χ1n) is 4.07. The lowest BCUT2D eigenvalue weighted by molar-refractivity contribution is -0.0148. The summed E-state index contributed by atoms with van der Waals surface area (Å²) in [5, 5.41) is 0. The topological polar surface area (TPSA) is 0 Å². The van der Waals surface area contributed by atoms with Gasteiger partial charge < -0.3 is 0 Å². The SMILES string of the molecule is CC1C2(C)CCC1(C)C2. The van der Waals surface area contributed by atoms with Crippen LogP contribution in [0.1, 0.15) is 40.0 Å².